The van der Waals surface area contributed by atoms with Crippen molar-refractivity contribution < 1.29 is 14.4 Å². The van der Waals surface area contributed by atoms with Crippen molar-refractivity contribution in [3.8, 4) is 0 Å². The first-order chi connectivity index (χ1) is 9.35. The normalized spacial score (nSPS) is 11.8. The maximum Gasteiger partial charge on any atom is 0.254 e. The summed E-state index contributed by atoms with van der Waals surface area (Å²) < 4.78 is 13.4. The highest BCUT2D eigenvalue weighted by Crippen LogP contribution is 2.13. The SMILES string of the molecule is Cc1cc(F)cc(C(=O)N(CC/C(N)=N/O)C(C)C)c1. The fourth-order valence-electron chi connectivity index (χ4n) is 1.90. The number of hydrogen-bond acceptors (Lipinski definition) is 3. The van der Waals surface area contributed by atoms with E-state index in [1.807, 2.05) is 13.8 Å². The number of hydrogen-bond donors (Lipinski definition) is 2. The summed E-state index contributed by atoms with van der Waals surface area (Å²) in [6.45, 7) is 5.75. The molecule has 0 aliphatic rings. The Morgan fingerprint density at radius 1 is 1.45 bits per heavy atom. The molecular weight excluding hydrogens is 261 g/mol. The van der Waals surface area contributed by atoms with Gasteiger partial charge in [0.05, 0.1) is 0 Å². The van der Waals surface area contributed by atoms with Gasteiger partial charge in [0.2, 0.25) is 0 Å². The van der Waals surface area contributed by atoms with Gasteiger partial charge in [-0.25, -0.2) is 4.39 Å². The first kappa shape index (κ1) is 15.9. The number of carbonyl (C=O) groups is 1. The Kier molecular flexibility index (Phi) is 5.49. The van der Waals surface area contributed by atoms with E-state index in [1.165, 1.54) is 12.1 Å². The largest absolute Gasteiger partial charge is 0.409 e. The van der Waals surface area contributed by atoms with Crippen molar-refractivity contribution in [2.45, 2.75) is 33.2 Å². The van der Waals surface area contributed by atoms with Crippen LogP contribution in [-0.4, -0.2) is 34.4 Å². The van der Waals surface area contributed by atoms with Crippen LogP contribution in [0.5, 0.6) is 0 Å². The lowest BCUT2D eigenvalue weighted by Gasteiger charge is -2.26. The Hall–Kier alpha value is -2.11. The van der Waals surface area contributed by atoms with Crippen LogP contribution in [0.1, 0.15) is 36.2 Å². The van der Waals surface area contributed by atoms with Gasteiger partial charge < -0.3 is 15.8 Å². The standard InChI is InChI=1S/C14H20FN3O2/c1-9(2)18(5-4-13(16)17-20)14(19)11-6-10(3)7-12(15)8-11/h6-9,20H,4-5H2,1-3H3,(H2,16,17). The highest BCUT2D eigenvalue weighted by molar-refractivity contribution is 5.95. The number of nitrogens with two attached hydrogens (primary N) is 1. The molecule has 0 saturated carbocycles. The predicted octanol–water partition coefficient (Wildman–Crippen LogP) is 2.12. The third-order valence-corrected chi connectivity index (χ3v) is 2.91. The average molecular weight is 281 g/mol. The molecule has 1 aromatic carbocycles. The Labute approximate surface area is 117 Å². The molecular formula is C14H20FN3O2. The molecule has 0 bridgehead atoms. The molecule has 0 fully saturated rings. The molecule has 0 spiro atoms. The molecule has 0 aliphatic heterocycles. The smallest absolute Gasteiger partial charge is 0.254 e. The van der Waals surface area contributed by atoms with Crippen molar-refractivity contribution in [2.75, 3.05) is 6.54 Å². The molecule has 6 heteroatoms. The highest BCUT2D eigenvalue weighted by atomic mass is 19.1. The minimum Gasteiger partial charge on any atom is -0.409 e. The molecule has 1 rings (SSSR count). The summed E-state index contributed by atoms with van der Waals surface area (Å²) >= 11 is 0. The highest BCUT2D eigenvalue weighted by Gasteiger charge is 2.19. The summed E-state index contributed by atoms with van der Waals surface area (Å²) in [4.78, 5) is 14.0. The molecule has 0 aliphatic carbocycles. The van der Waals surface area contributed by atoms with Gasteiger partial charge in [-0.3, -0.25) is 4.79 Å². The van der Waals surface area contributed by atoms with Crippen LogP contribution in [0, 0.1) is 12.7 Å². The van der Waals surface area contributed by atoms with Crippen molar-refractivity contribution in [3.05, 3.63) is 35.1 Å². The summed E-state index contributed by atoms with van der Waals surface area (Å²) in [5.41, 5.74) is 6.40. The van der Waals surface area contributed by atoms with Crippen LogP contribution in [0.2, 0.25) is 0 Å². The van der Waals surface area contributed by atoms with E-state index < -0.39 is 5.82 Å². The summed E-state index contributed by atoms with van der Waals surface area (Å²) in [5.74, 6) is -0.652. The number of rotatable bonds is 5. The van der Waals surface area contributed by atoms with Gasteiger partial charge in [-0.2, -0.15) is 0 Å². The zero-order valence-corrected chi connectivity index (χ0v) is 11.9. The van der Waals surface area contributed by atoms with Gasteiger partial charge in [0, 0.05) is 24.6 Å². The average Bonchev–Trinajstić information content (AvgIpc) is 2.36. The van der Waals surface area contributed by atoms with E-state index >= 15 is 0 Å². The molecule has 0 atom stereocenters. The lowest BCUT2D eigenvalue weighted by atomic mass is 10.1. The third kappa shape index (κ3) is 4.22. The van der Waals surface area contributed by atoms with E-state index in [2.05, 4.69) is 5.16 Å². The summed E-state index contributed by atoms with van der Waals surface area (Å²) in [6, 6.07) is 4.16. The Morgan fingerprint density at radius 3 is 2.60 bits per heavy atom. The monoisotopic (exact) mass is 281 g/mol. The second-order valence-electron chi connectivity index (χ2n) is 4.95. The van der Waals surface area contributed by atoms with Crippen LogP contribution >= 0.6 is 0 Å². The number of halogens is 1. The molecule has 1 aromatic rings. The number of amides is 1. The first-order valence-electron chi connectivity index (χ1n) is 6.39. The van der Waals surface area contributed by atoms with Gasteiger partial charge in [0.1, 0.15) is 11.7 Å². The number of benzene rings is 1. The van der Waals surface area contributed by atoms with Crippen molar-refractivity contribution in [1.29, 1.82) is 0 Å². The fourth-order valence-corrected chi connectivity index (χ4v) is 1.90. The quantitative estimate of drug-likeness (QED) is 0.375. The summed E-state index contributed by atoms with van der Waals surface area (Å²) in [7, 11) is 0. The van der Waals surface area contributed by atoms with E-state index in [0.29, 0.717) is 17.7 Å². The minimum atomic E-state index is -0.437. The van der Waals surface area contributed by atoms with Gasteiger partial charge in [-0.05, 0) is 44.5 Å². The van der Waals surface area contributed by atoms with Crippen LogP contribution in [-0.2, 0) is 0 Å². The van der Waals surface area contributed by atoms with Crippen LogP contribution < -0.4 is 5.73 Å². The van der Waals surface area contributed by atoms with Gasteiger partial charge in [0.15, 0.2) is 0 Å². The predicted molar refractivity (Wildman–Crippen MR) is 75.3 cm³/mol. The van der Waals surface area contributed by atoms with Crippen molar-refractivity contribution in [2.24, 2.45) is 10.9 Å². The van der Waals surface area contributed by atoms with Crippen molar-refractivity contribution in [1.82, 2.24) is 4.90 Å². The Balaban J connectivity index is 2.93. The lowest BCUT2D eigenvalue weighted by Crippen LogP contribution is -2.39. The maximum atomic E-state index is 13.4. The second-order valence-corrected chi connectivity index (χ2v) is 4.95. The van der Waals surface area contributed by atoms with Crippen LogP contribution in [0.15, 0.2) is 23.4 Å². The topological polar surface area (TPSA) is 78.9 Å². The molecule has 3 N–H and O–H groups in total. The Bertz CT molecular complexity index is 495. The van der Waals surface area contributed by atoms with Gasteiger partial charge in [-0.15, -0.1) is 0 Å². The van der Waals surface area contributed by atoms with Crippen molar-refractivity contribution in [3.63, 3.8) is 0 Å². The van der Waals surface area contributed by atoms with Crippen LogP contribution in [0.3, 0.4) is 0 Å². The van der Waals surface area contributed by atoms with Gasteiger partial charge in [0.25, 0.3) is 5.91 Å². The maximum absolute atomic E-state index is 13.4. The third-order valence-electron chi connectivity index (χ3n) is 2.91. The molecule has 0 heterocycles. The van der Waals surface area contributed by atoms with E-state index in [-0.39, 0.29) is 24.2 Å². The number of aryl methyl sites for hydroxylation is 1. The van der Waals surface area contributed by atoms with Crippen LogP contribution in [0.25, 0.3) is 0 Å². The van der Waals surface area contributed by atoms with E-state index in [1.54, 1.807) is 17.9 Å². The van der Waals surface area contributed by atoms with E-state index in [9.17, 15) is 9.18 Å². The Morgan fingerprint density at radius 2 is 2.10 bits per heavy atom. The number of nitrogens with zero attached hydrogens (tertiary/aromatic N) is 2. The zero-order valence-electron chi connectivity index (χ0n) is 11.9. The number of amidine groups is 1. The molecule has 20 heavy (non-hydrogen) atoms. The van der Waals surface area contributed by atoms with Gasteiger partial charge >= 0.3 is 0 Å². The second kappa shape index (κ2) is 6.88. The van der Waals surface area contributed by atoms with Crippen LogP contribution in [0.4, 0.5) is 4.39 Å². The molecule has 0 radical (unpaired) electrons. The molecule has 0 unspecified atom stereocenters. The molecule has 5 nitrogen and oxygen atoms in total. The molecule has 0 aromatic heterocycles. The minimum absolute atomic E-state index is 0.0545. The zero-order chi connectivity index (χ0) is 15.3. The summed E-state index contributed by atoms with van der Waals surface area (Å²) in [5, 5.41) is 11.4. The number of oxime groups is 1. The fraction of sp³-hybridized carbons (Fsp3) is 0.429. The van der Waals surface area contributed by atoms with Crippen molar-refractivity contribution >= 4 is 11.7 Å². The molecule has 110 valence electrons. The molecule has 1 amide bonds. The lowest BCUT2D eigenvalue weighted by molar-refractivity contribution is 0.0710. The summed E-state index contributed by atoms with van der Waals surface area (Å²) in [6.07, 6.45) is 0.259. The first-order valence-corrected chi connectivity index (χ1v) is 6.39. The van der Waals surface area contributed by atoms with Gasteiger partial charge in [-0.1, -0.05) is 5.16 Å². The number of carbonyl (C=O) groups excluding carboxylic acids is 1. The van der Waals surface area contributed by atoms with E-state index in [4.69, 9.17) is 10.9 Å². The molecule has 0 saturated heterocycles. The van der Waals surface area contributed by atoms with E-state index in [0.717, 1.165) is 0 Å².